The molecule has 1 fully saturated rings. The molecule has 35 heavy (non-hydrogen) atoms. The largest absolute Gasteiger partial charge is 0.480 e. The third-order valence-corrected chi connectivity index (χ3v) is 8.14. The van der Waals surface area contributed by atoms with E-state index in [4.69, 9.17) is 0 Å². The van der Waals surface area contributed by atoms with Crippen LogP contribution in [0.4, 0.5) is 0 Å². The van der Waals surface area contributed by atoms with E-state index in [1.165, 1.54) is 0 Å². The van der Waals surface area contributed by atoms with Crippen molar-refractivity contribution >= 4 is 44.6 Å². The summed E-state index contributed by atoms with van der Waals surface area (Å²) in [7, 11) is 0. The van der Waals surface area contributed by atoms with Crippen LogP contribution in [0.15, 0.2) is 53.0 Å². The Morgan fingerprint density at radius 1 is 1.20 bits per heavy atom. The van der Waals surface area contributed by atoms with Crippen molar-refractivity contribution in [2.75, 3.05) is 0 Å². The Morgan fingerprint density at radius 3 is 2.60 bits per heavy atom. The molecular formula is C27H28BrN3O4. The van der Waals surface area contributed by atoms with Gasteiger partial charge in [0.05, 0.1) is 12.0 Å². The van der Waals surface area contributed by atoms with E-state index >= 15 is 0 Å². The smallest absolute Gasteiger partial charge is 0.326 e. The minimum Gasteiger partial charge on any atom is -0.480 e. The Labute approximate surface area is 212 Å². The molecular weight excluding hydrogens is 510 g/mol. The number of benzene rings is 2. The fraction of sp³-hybridized carbons (Fsp3) is 0.370. The van der Waals surface area contributed by atoms with Crippen molar-refractivity contribution in [2.45, 2.75) is 57.2 Å². The summed E-state index contributed by atoms with van der Waals surface area (Å²) < 4.78 is 0.935. The van der Waals surface area contributed by atoms with Crippen LogP contribution < -0.4 is 5.32 Å². The first-order valence-electron chi connectivity index (χ1n) is 12.0. The van der Waals surface area contributed by atoms with Gasteiger partial charge in [-0.3, -0.25) is 9.59 Å². The van der Waals surface area contributed by atoms with Crippen LogP contribution in [0.2, 0.25) is 0 Å². The van der Waals surface area contributed by atoms with Crippen molar-refractivity contribution in [2.24, 2.45) is 5.92 Å². The van der Waals surface area contributed by atoms with E-state index in [1.54, 1.807) is 4.90 Å². The molecule has 2 aromatic carbocycles. The van der Waals surface area contributed by atoms with Gasteiger partial charge in [0, 0.05) is 27.5 Å². The summed E-state index contributed by atoms with van der Waals surface area (Å²) in [5.41, 5.74) is 3.88. The number of carbonyl (C=O) groups excluding carboxylic acids is 2. The molecule has 5 rings (SSSR count). The lowest BCUT2D eigenvalue weighted by Gasteiger charge is -2.37. The summed E-state index contributed by atoms with van der Waals surface area (Å²) in [5.74, 6) is -2.18. The maximum Gasteiger partial charge on any atom is 0.326 e. The molecule has 3 heterocycles. The molecule has 2 unspecified atom stereocenters. The highest BCUT2D eigenvalue weighted by Gasteiger charge is 2.51. The van der Waals surface area contributed by atoms with Crippen LogP contribution in [0, 0.1) is 5.92 Å². The van der Waals surface area contributed by atoms with Crippen LogP contribution >= 0.6 is 15.9 Å². The summed E-state index contributed by atoms with van der Waals surface area (Å²) >= 11 is 3.45. The molecule has 2 aliphatic heterocycles. The lowest BCUT2D eigenvalue weighted by molar-refractivity contribution is -0.146. The van der Waals surface area contributed by atoms with Crippen molar-refractivity contribution in [1.82, 2.24) is 15.2 Å². The average Bonchev–Trinajstić information content (AvgIpc) is 3.40. The Kier molecular flexibility index (Phi) is 6.17. The average molecular weight is 538 g/mol. The van der Waals surface area contributed by atoms with Gasteiger partial charge in [-0.25, -0.2) is 4.79 Å². The number of aromatic nitrogens is 1. The molecule has 2 amide bonds. The van der Waals surface area contributed by atoms with Gasteiger partial charge in [-0.1, -0.05) is 66.5 Å². The van der Waals surface area contributed by atoms with Gasteiger partial charge in [0.2, 0.25) is 11.8 Å². The van der Waals surface area contributed by atoms with Gasteiger partial charge in [0.25, 0.3) is 0 Å². The number of fused-ring (bicyclic) bond motifs is 5. The molecule has 0 bridgehead atoms. The summed E-state index contributed by atoms with van der Waals surface area (Å²) in [5, 5.41) is 13.5. The van der Waals surface area contributed by atoms with E-state index in [2.05, 4.69) is 26.2 Å². The van der Waals surface area contributed by atoms with E-state index in [1.807, 2.05) is 62.4 Å². The Morgan fingerprint density at radius 2 is 1.91 bits per heavy atom. The first-order chi connectivity index (χ1) is 16.8. The van der Waals surface area contributed by atoms with Crippen LogP contribution in [0.25, 0.3) is 10.9 Å². The quantitative estimate of drug-likeness (QED) is 0.429. The number of nitrogens with zero attached hydrogens (tertiary/aromatic N) is 1. The number of rotatable bonds is 6. The van der Waals surface area contributed by atoms with Crippen molar-refractivity contribution in [1.29, 1.82) is 0 Å². The number of aromatic amines is 1. The number of halogens is 1. The molecule has 0 aliphatic carbocycles. The van der Waals surface area contributed by atoms with Gasteiger partial charge in [-0.05, 0) is 41.7 Å². The first kappa shape index (κ1) is 23.6. The van der Waals surface area contributed by atoms with Crippen molar-refractivity contribution in [3.8, 4) is 0 Å². The normalized spacial score (nSPS) is 23.0. The van der Waals surface area contributed by atoms with Crippen LogP contribution in [-0.2, 0) is 20.8 Å². The summed E-state index contributed by atoms with van der Waals surface area (Å²) in [4.78, 5) is 44.5. The molecule has 5 atom stereocenters. The predicted octanol–water partition coefficient (Wildman–Crippen LogP) is 4.53. The first-order valence-corrected chi connectivity index (χ1v) is 12.8. The molecule has 182 valence electrons. The molecule has 2 aliphatic rings. The summed E-state index contributed by atoms with van der Waals surface area (Å²) in [6.45, 7) is 3.71. The number of aliphatic carboxylic acids is 1. The summed E-state index contributed by atoms with van der Waals surface area (Å²) in [6.07, 6.45) is 1.51. The molecule has 3 N–H and O–H groups in total. The molecule has 3 aromatic rings. The van der Waals surface area contributed by atoms with Crippen LogP contribution in [-0.4, -0.2) is 44.9 Å². The van der Waals surface area contributed by atoms with Gasteiger partial charge in [0.1, 0.15) is 12.1 Å². The van der Waals surface area contributed by atoms with E-state index in [-0.39, 0.29) is 23.8 Å². The standard InChI is InChI=1S/C27H28BrN3O4/c1-3-14(2)23(27(34)35)30-25(32)22-13-19-17-6-4-5-7-20(17)29-24(19)21-12-18(26(33)31(21)22)15-8-10-16(28)11-9-15/h4-11,14,18,21-23,29H,3,12-13H2,1-2H3,(H,30,32)(H,34,35)/t14-,18?,21?,22-,23-/m0/s1. The fourth-order valence-electron chi connectivity index (χ4n) is 5.54. The van der Waals surface area contributed by atoms with Crippen molar-refractivity contribution in [3.63, 3.8) is 0 Å². The zero-order valence-corrected chi connectivity index (χ0v) is 21.2. The second-order valence-electron chi connectivity index (χ2n) is 9.59. The number of hydrogen-bond donors (Lipinski definition) is 3. The van der Waals surface area contributed by atoms with Crippen molar-refractivity contribution in [3.05, 3.63) is 69.8 Å². The van der Waals surface area contributed by atoms with Crippen LogP contribution in [0.5, 0.6) is 0 Å². The minimum absolute atomic E-state index is 0.0998. The molecule has 0 radical (unpaired) electrons. The number of carboxylic acids is 1. The van der Waals surface area contributed by atoms with Gasteiger partial charge in [-0.15, -0.1) is 0 Å². The highest BCUT2D eigenvalue weighted by molar-refractivity contribution is 9.10. The maximum atomic E-state index is 13.8. The lowest BCUT2D eigenvalue weighted by Crippen LogP contribution is -2.56. The summed E-state index contributed by atoms with van der Waals surface area (Å²) in [6, 6.07) is 13.6. The Balaban J connectivity index is 1.56. The van der Waals surface area contributed by atoms with Gasteiger partial charge in [-0.2, -0.15) is 0 Å². The van der Waals surface area contributed by atoms with Gasteiger partial charge in [0.15, 0.2) is 0 Å². The second kappa shape index (κ2) is 9.15. The monoisotopic (exact) mass is 537 g/mol. The Bertz CT molecular complexity index is 1300. The number of amides is 2. The topological polar surface area (TPSA) is 103 Å². The molecule has 7 nitrogen and oxygen atoms in total. The number of H-pyrrole nitrogens is 1. The maximum absolute atomic E-state index is 13.8. The third-order valence-electron chi connectivity index (χ3n) is 7.61. The molecule has 0 spiro atoms. The highest BCUT2D eigenvalue weighted by atomic mass is 79.9. The number of carboxylic acid groups (broad SMARTS) is 1. The Hall–Kier alpha value is -3.13. The molecule has 1 saturated heterocycles. The molecule has 8 heteroatoms. The predicted molar refractivity (Wildman–Crippen MR) is 136 cm³/mol. The van der Waals surface area contributed by atoms with Crippen LogP contribution in [0.3, 0.4) is 0 Å². The highest BCUT2D eigenvalue weighted by Crippen LogP contribution is 2.48. The number of para-hydroxylation sites is 1. The SMILES string of the molecule is CC[C@H](C)[C@H](NC(=O)[C@@H]1Cc2c([nH]c3ccccc23)C2CC(c3ccc(Br)cc3)C(=O)N21)C(=O)O. The van der Waals surface area contributed by atoms with E-state index in [0.29, 0.717) is 19.3 Å². The fourth-order valence-corrected chi connectivity index (χ4v) is 5.81. The molecule has 1 aromatic heterocycles. The number of hydrogen-bond acceptors (Lipinski definition) is 3. The van der Waals surface area contributed by atoms with Gasteiger partial charge < -0.3 is 20.3 Å². The number of carbonyl (C=O) groups is 3. The third kappa shape index (κ3) is 4.03. The second-order valence-corrected chi connectivity index (χ2v) is 10.5. The molecule has 0 saturated carbocycles. The zero-order valence-electron chi connectivity index (χ0n) is 19.6. The zero-order chi connectivity index (χ0) is 24.9. The minimum atomic E-state index is -1.06. The lowest BCUT2D eigenvalue weighted by atomic mass is 9.90. The van der Waals surface area contributed by atoms with E-state index < -0.39 is 24.0 Å². The van der Waals surface area contributed by atoms with E-state index in [9.17, 15) is 19.5 Å². The van der Waals surface area contributed by atoms with Crippen molar-refractivity contribution < 1.29 is 19.5 Å². The van der Waals surface area contributed by atoms with E-state index in [0.717, 1.165) is 32.2 Å². The van der Waals surface area contributed by atoms with Crippen LogP contribution in [0.1, 0.15) is 55.5 Å². The number of nitrogens with one attached hydrogen (secondary N) is 2. The van der Waals surface area contributed by atoms with Gasteiger partial charge >= 0.3 is 5.97 Å².